The van der Waals surface area contributed by atoms with Crippen molar-refractivity contribution < 1.29 is 0 Å². The van der Waals surface area contributed by atoms with Crippen LogP contribution in [0.4, 0.5) is 0 Å². The van der Waals surface area contributed by atoms with Gasteiger partial charge in [-0.05, 0) is 17.8 Å². The van der Waals surface area contributed by atoms with Gasteiger partial charge in [0.15, 0.2) is 0 Å². The Morgan fingerprint density at radius 3 is 2.79 bits per heavy atom. The molecule has 0 fully saturated rings. The topological polar surface area (TPSA) is 46.0 Å². The first kappa shape index (κ1) is 8.83. The van der Waals surface area contributed by atoms with Crippen LogP contribution in [-0.2, 0) is 0 Å². The zero-order valence-corrected chi connectivity index (χ0v) is 8.11. The number of hydrogen-bond donors (Lipinski definition) is 1. The van der Waals surface area contributed by atoms with E-state index in [1.807, 2.05) is 30.3 Å². The molecule has 14 heavy (non-hydrogen) atoms. The molecule has 0 spiro atoms. The second kappa shape index (κ2) is 3.97. The fraction of sp³-hybridized carbons (Fsp3) is 0. The first-order chi connectivity index (χ1) is 6.86. The van der Waals surface area contributed by atoms with Crippen molar-refractivity contribution in [3.8, 4) is 0 Å². The molecule has 1 N–H and O–H groups in total. The summed E-state index contributed by atoms with van der Waals surface area (Å²) in [6.45, 7) is 0. The van der Waals surface area contributed by atoms with Gasteiger partial charge in [-0.3, -0.25) is 5.10 Å². The Hall–Kier alpha value is -1.75. The van der Waals surface area contributed by atoms with Gasteiger partial charge in [0.2, 0.25) is 4.77 Å². The highest BCUT2D eigenvalue weighted by Crippen LogP contribution is 1.94. The number of hydrogen-bond acceptors (Lipinski definition) is 3. The zero-order chi connectivity index (χ0) is 9.80. The third-order valence-corrected chi connectivity index (χ3v) is 1.94. The molecule has 0 aliphatic heterocycles. The molecule has 1 heterocycles. The van der Waals surface area contributed by atoms with Crippen LogP contribution in [0.2, 0.25) is 0 Å². The standard InChI is InChI=1S/C9H8N4S/c14-9-12-10-7-13(9)11-6-8-4-2-1-3-5-8/h1-7H,(H,12,14)/b11-6-. The van der Waals surface area contributed by atoms with Crippen molar-refractivity contribution in [2.24, 2.45) is 5.10 Å². The highest BCUT2D eigenvalue weighted by molar-refractivity contribution is 7.71. The van der Waals surface area contributed by atoms with Gasteiger partial charge in [0, 0.05) is 0 Å². The van der Waals surface area contributed by atoms with Gasteiger partial charge in [-0.25, -0.2) is 0 Å². The Bertz CT molecular complexity index is 483. The van der Waals surface area contributed by atoms with Crippen molar-refractivity contribution in [1.29, 1.82) is 0 Å². The predicted octanol–water partition coefficient (Wildman–Crippen LogP) is 1.82. The van der Waals surface area contributed by atoms with Crippen LogP contribution in [0.1, 0.15) is 5.56 Å². The number of rotatable bonds is 2. The van der Waals surface area contributed by atoms with Crippen molar-refractivity contribution in [2.45, 2.75) is 0 Å². The van der Waals surface area contributed by atoms with E-state index in [0.29, 0.717) is 4.77 Å². The van der Waals surface area contributed by atoms with Crippen molar-refractivity contribution in [3.63, 3.8) is 0 Å². The molecule has 1 aromatic heterocycles. The van der Waals surface area contributed by atoms with Gasteiger partial charge in [-0.1, -0.05) is 30.3 Å². The fourth-order valence-electron chi connectivity index (χ4n) is 0.993. The Morgan fingerprint density at radius 1 is 1.36 bits per heavy atom. The van der Waals surface area contributed by atoms with E-state index in [1.54, 1.807) is 6.21 Å². The van der Waals surface area contributed by atoms with Crippen LogP contribution < -0.4 is 0 Å². The minimum absolute atomic E-state index is 0.484. The maximum Gasteiger partial charge on any atom is 0.216 e. The molecule has 2 rings (SSSR count). The number of nitrogens with one attached hydrogen (secondary N) is 1. The molecular weight excluding hydrogens is 196 g/mol. The number of benzene rings is 1. The molecule has 0 aliphatic rings. The second-order valence-electron chi connectivity index (χ2n) is 2.66. The lowest BCUT2D eigenvalue weighted by molar-refractivity contribution is 0.863. The average Bonchev–Trinajstić information content (AvgIpc) is 2.63. The minimum atomic E-state index is 0.484. The fourth-order valence-corrected chi connectivity index (χ4v) is 1.14. The van der Waals surface area contributed by atoms with E-state index < -0.39 is 0 Å². The van der Waals surface area contributed by atoms with E-state index in [2.05, 4.69) is 15.3 Å². The van der Waals surface area contributed by atoms with Gasteiger partial charge in [0.25, 0.3) is 0 Å². The maximum atomic E-state index is 4.93. The molecule has 0 aliphatic carbocycles. The van der Waals surface area contributed by atoms with Gasteiger partial charge in [0.1, 0.15) is 6.33 Å². The second-order valence-corrected chi connectivity index (χ2v) is 3.05. The molecule has 1 aromatic carbocycles. The van der Waals surface area contributed by atoms with Gasteiger partial charge in [0.05, 0.1) is 6.21 Å². The van der Waals surface area contributed by atoms with E-state index >= 15 is 0 Å². The van der Waals surface area contributed by atoms with Gasteiger partial charge in [-0.2, -0.15) is 14.9 Å². The van der Waals surface area contributed by atoms with E-state index in [4.69, 9.17) is 12.2 Å². The summed E-state index contributed by atoms with van der Waals surface area (Å²) in [6.07, 6.45) is 3.26. The molecule has 2 aromatic rings. The first-order valence-corrected chi connectivity index (χ1v) is 4.48. The third-order valence-electron chi connectivity index (χ3n) is 1.67. The molecule has 0 saturated heterocycles. The molecule has 5 heteroatoms. The number of nitrogens with zero attached hydrogens (tertiary/aromatic N) is 3. The lowest BCUT2D eigenvalue weighted by Gasteiger charge is -1.91. The van der Waals surface area contributed by atoms with Crippen LogP contribution in [0, 0.1) is 4.77 Å². The summed E-state index contributed by atoms with van der Waals surface area (Å²) in [6, 6.07) is 9.80. The lowest BCUT2D eigenvalue weighted by atomic mass is 10.2. The molecule has 4 nitrogen and oxygen atoms in total. The number of aromatic nitrogens is 3. The van der Waals surface area contributed by atoms with E-state index in [1.165, 1.54) is 11.0 Å². The van der Waals surface area contributed by atoms with Crippen molar-refractivity contribution in [3.05, 3.63) is 47.0 Å². The monoisotopic (exact) mass is 204 g/mol. The SMILES string of the molecule is S=c1[nH]ncn1/N=C\c1ccccc1. The van der Waals surface area contributed by atoms with Gasteiger partial charge >= 0.3 is 0 Å². The summed E-state index contributed by atoms with van der Waals surface area (Å²) < 4.78 is 1.99. The molecule has 70 valence electrons. The summed E-state index contributed by atoms with van der Waals surface area (Å²) in [5, 5.41) is 10.5. The quantitative estimate of drug-likeness (QED) is 0.599. The van der Waals surface area contributed by atoms with Crippen molar-refractivity contribution >= 4 is 18.4 Å². The molecule has 0 saturated carbocycles. The van der Waals surface area contributed by atoms with Crippen LogP contribution in [0.5, 0.6) is 0 Å². The highest BCUT2D eigenvalue weighted by Gasteiger charge is 1.88. The summed E-state index contributed by atoms with van der Waals surface area (Å²) in [5.41, 5.74) is 1.02. The first-order valence-electron chi connectivity index (χ1n) is 4.08. The number of H-pyrrole nitrogens is 1. The maximum absolute atomic E-state index is 4.93. The van der Waals surface area contributed by atoms with Crippen LogP contribution in [0.3, 0.4) is 0 Å². The van der Waals surface area contributed by atoms with Crippen LogP contribution in [0.25, 0.3) is 0 Å². The zero-order valence-electron chi connectivity index (χ0n) is 7.29. The normalized spacial score (nSPS) is 10.9. The Morgan fingerprint density at radius 2 is 2.14 bits per heavy atom. The smallest absolute Gasteiger partial charge is 0.216 e. The molecule has 0 radical (unpaired) electrons. The van der Waals surface area contributed by atoms with Crippen LogP contribution in [-0.4, -0.2) is 21.1 Å². The van der Waals surface area contributed by atoms with Crippen LogP contribution >= 0.6 is 12.2 Å². The minimum Gasteiger partial charge on any atom is -0.250 e. The van der Waals surface area contributed by atoms with E-state index in [9.17, 15) is 0 Å². The molecule has 0 unspecified atom stereocenters. The van der Waals surface area contributed by atoms with Gasteiger partial charge < -0.3 is 0 Å². The Balaban J connectivity index is 2.24. The summed E-state index contributed by atoms with van der Waals surface area (Å²) in [7, 11) is 0. The van der Waals surface area contributed by atoms with E-state index in [-0.39, 0.29) is 0 Å². The average molecular weight is 204 g/mol. The molecule has 0 amide bonds. The molecular formula is C9H8N4S. The Kier molecular flexibility index (Phi) is 2.51. The Labute approximate surface area is 85.9 Å². The molecule has 0 atom stereocenters. The lowest BCUT2D eigenvalue weighted by Crippen LogP contribution is -1.88. The molecule has 0 bridgehead atoms. The van der Waals surface area contributed by atoms with E-state index in [0.717, 1.165) is 5.56 Å². The van der Waals surface area contributed by atoms with Crippen molar-refractivity contribution in [2.75, 3.05) is 0 Å². The predicted molar refractivity (Wildman–Crippen MR) is 56.8 cm³/mol. The summed E-state index contributed by atoms with van der Waals surface area (Å²) in [5.74, 6) is 0. The largest absolute Gasteiger partial charge is 0.250 e. The van der Waals surface area contributed by atoms with Crippen LogP contribution in [0.15, 0.2) is 41.8 Å². The van der Waals surface area contributed by atoms with Crippen molar-refractivity contribution in [1.82, 2.24) is 14.9 Å². The number of aromatic amines is 1. The third kappa shape index (κ3) is 1.94. The summed E-state index contributed by atoms with van der Waals surface area (Å²) >= 11 is 4.93. The summed E-state index contributed by atoms with van der Waals surface area (Å²) in [4.78, 5) is 0. The van der Waals surface area contributed by atoms with Gasteiger partial charge in [-0.15, -0.1) is 0 Å². The highest BCUT2D eigenvalue weighted by atomic mass is 32.1.